The minimum Gasteiger partial charge on any atom is -0.497 e. The van der Waals surface area contributed by atoms with Crippen LogP contribution in [0.5, 0.6) is 11.5 Å². The average Bonchev–Trinajstić information content (AvgIpc) is 3.29. The second-order valence-corrected chi connectivity index (χ2v) is 8.24. The van der Waals surface area contributed by atoms with Gasteiger partial charge in [-0.05, 0) is 30.7 Å². The molecule has 0 unspecified atom stereocenters. The molecule has 0 saturated heterocycles. The van der Waals surface area contributed by atoms with Gasteiger partial charge < -0.3 is 14.4 Å². The maximum atomic E-state index is 13.6. The summed E-state index contributed by atoms with van der Waals surface area (Å²) in [5.74, 6) is -0.840. The molecule has 0 bridgehead atoms. The minimum atomic E-state index is -0.476. The van der Waals surface area contributed by atoms with Crippen LogP contribution in [0, 0.1) is 11.8 Å². The smallest absolute Gasteiger partial charge is 0.261 e. The molecule has 172 valence electrons. The van der Waals surface area contributed by atoms with E-state index in [1.165, 1.54) is 19.1 Å². The number of ketones is 1. The largest absolute Gasteiger partial charge is 0.497 e. The van der Waals surface area contributed by atoms with Crippen LogP contribution in [0.15, 0.2) is 42.5 Å². The van der Waals surface area contributed by atoms with Crippen molar-refractivity contribution in [3.05, 3.63) is 53.6 Å². The maximum Gasteiger partial charge on any atom is 0.261 e. The number of nitrogens with zero attached hydrogens (tertiary/aromatic N) is 2. The van der Waals surface area contributed by atoms with Gasteiger partial charge in [0.05, 0.1) is 31.0 Å². The first-order valence-electron chi connectivity index (χ1n) is 10.9. The second-order valence-electron chi connectivity index (χ2n) is 8.24. The van der Waals surface area contributed by atoms with E-state index >= 15 is 0 Å². The molecule has 1 aliphatic heterocycles. The second kappa shape index (κ2) is 9.05. The molecule has 4 rings (SSSR count). The van der Waals surface area contributed by atoms with Gasteiger partial charge in [0, 0.05) is 37.4 Å². The summed E-state index contributed by atoms with van der Waals surface area (Å²) in [6.45, 7) is 1.84. The highest BCUT2D eigenvalue weighted by Gasteiger charge is 2.40. The molecule has 1 aliphatic carbocycles. The molecule has 0 N–H and O–H groups in total. The first-order valence-corrected chi connectivity index (χ1v) is 10.9. The number of fused-ring (bicyclic) bond motifs is 1. The molecule has 0 aromatic heterocycles. The van der Waals surface area contributed by atoms with Crippen molar-refractivity contribution >= 4 is 29.2 Å². The Balaban J connectivity index is 1.66. The highest BCUT2D eigenvalue weighted by atomic mass is 16.5. The van der Waals surface area contributed by atoms with Gasteiger partial charge in [-0.25, -0.2) is 0 Å². The number of imide groups is 1. The van der Waals surface area contributed by atoms with Gasteiger partial charge in [-0.15, -0.1) is 0 Å². The zero-order valence-electron chi connectivity index (χ0n) is 18.9. The standard InChI is InChI=1S/C25H26N2O6/c1-15-17(9-10-21(15)28)23(29)26(20-14-16(32-2)8-11-22(20)33-3)12-13-27-24(30)18-6-4-5-7-19(18)25(27)31/h4-8,11,14-15,17H,9-10,12-13H2,1-3H3/t15-,17-/m0/s1. The topological polar surface area (TPSA) is 93.2 Å². The van der Waals surface area contributed by atoms with E-state index in [0.717, 1.165) is 4.90 Å². The fourth-order valence-corrected chi connectivity index (χ4v) is 4.54. The minimum absolute atomic E-state index is 0.00744. The molecule has 1 fully saturated rings. The van der Waals surface area contributed by atoms with Crippen LogP contribution in [0.2, 0.25) is 0 Å². The summed E-state index contributed by atoms with van der Waals surface area (Å²) in [7, 11) is 3.02. The Labute approximate surface area is 192 Å². The van der Waals surface area contributed by atoms with Gasteiger partial charge in [0.15, 0.2) is 0 Å². The average molecular weight is 450 g/mol. The van der Waals surface area contributed by atoms with Gasteiger partial charge in [-0.3, -0.25) is 24.1 Å². The van der Waals surface area contributed by atoms with Crippen LogP contribution < -0.4 is 14.4 Å². The lowest BCUT2D eigenvalue weighted by Gasteiger charge is -2.30. The molecule has 0 radical (unpaired) electrons. The van der Waals surface area contributed by atoms with E-state index in [9.17, 15) is 19.2 Å². The fraction of sp³-hybridized carbons (Fsp3) is 0.360. The highest BCUT2D eigenvalue weighted by Crippen LogP contribution is 2.37. The Kier molecular flexibility index (Phi) is 6.18. The summed E-state index contributed by atoms with van der Waals surface area (Å²) in [6, 6.07) is 11.8. The van der Waals surface area contributed by atoms with Crippen LogP contribution in [0.1, 0.15) is 40.5 Å². The summed E-state index contributed by atoms with van der Waals surface area (Å²) in [6.07, 6.45) is 0.827. The predicted molar refractivity (Wildman–Crippen MR) is 121 cm³/mol. The molecular weight excluding hydrogens is 424 g/mol. The number of methoxy groups -OCH3 is 2. The van der Waals surface area contributed by atoms with E-state index in [1.807, 2.05) is 0 Å². The summed E-state index contributed by atoms with van der Waals surface area (Å²) < 4.78 is 10.8. The van der Waals surface area contributed by atoms with Crippen LogP contribution in [0.25, 0.3) is 0 Å². The summed E-state index contributed by atoms with van der Waals surface area (Å²) in [4.78, 5) is 54.1. The number of anilines is 1. The maximum absolute atomic E-state index is 13.6. The number of amides is 3. The van der Waals surface area contributed by atoms with E-state index < -0.39 is 11.8 Å². The van der Waals surface area contributed by atoms with Crippen molar-refractivity contribution in [2.75, 3.05) is 32.2 Å². The van der Waals surface area contributed by atoms with Gasteiger partial charge >= 0.3 is 0 Å². The van der Waals surface area contributed by atoms with Crippen LogP contribution in [-0.2, 0) is 9.59 Å². The Morgan fingerprint density at radius 3 is 2.24 bits per heavy atom. The van der Waals surface area contributed by atoms with Crippen molar-refractivity contribution in [1.82, 2.24) is 4.90 Å². The van der Waals surface area contributed by atoms with Crippen molar-refractivity contribution in [2.45, 2.75) is 19.8 Å². The third kappa shape index (κ3) is 3.97. The fourth-order valence-electron chi connectivity index (χ4n) is 4.54. The molecule has 8 nitrogen and oxygen atoms in total. The van der Waals surface area contributed by atoms with Crippen molar-refractivity contribution in [3.63, 3.8) is 0 Å². The molecular formula is C25H26N2O6. The quantitative estimate of drug-likeness (QED) is 0.602. The molecule has 8 heteroatoms. The van der Waals surface area contributed by atoms with E-state index in [2.05, 4.69) is 0 Å². The van der Waals surface area contributed by atoms with Crippen molar-refractivity contribution in [3.8, 4) is 11.5 Å². The molecule has 33 heavy (non-hydrogen) atoms. The lowest BCUT2D eigenvalue weighted by atomic mass is 9.95. The van der Waals surface area contributed by atoms with Crippen LogP contribution in [0.4, 0.5) is 5.69 Å². The van der Waals surface area contributed by atoms with Crippen LogP contribution >= 0.6 is 0 Å². The third-order valence-electron chi connectivity index (χ3n) is 6.50. The van der Waals surface area contributed by atoms with E-state index in [-0.39, 0.29) is 36.6 Å². The zero-order chi connectivity index (χ0) is 23.7. The molecule has 0 spiro atoms. The molecule has 2 aromatic rings. The van der Waals surface area contributed by atoms with Gasteiger partial charge in [0.25, 0.3) is 11.8 Å². The number of benzene rings is 2. The first kappa shape index (κ1) is 22.5. The Hall–Kier alpha value is -3.68. The van der Waals surface area contributed by atoms with Gasteiger partial charge in [-0.1, -0.05) is 19.1 Å². The lowest BCUT2D eigenvalue weighted by Crippen LogP contribution is -2.44. The van der Waals surface area contributed by atoms with Crippen LogP contribution in [0.3, 0.4) is 0 Å². The number of ether oxygens (including phenoxy) is 2. The normalized spacial score (nSPS) is 19.6. The Bertz CT molecular complexity index is 1090. The van der Waals surface area contributed by atoms with E-state index in [4.69, 9.17) is 9.47 Å². The third-order valence-corrected chi connectivity index (χ3v) is 6.50. The molecule has 3 amide bonds. The van der Waals surface area contributed by atoms with Gasteiger partial charge in [-0.2, -0.15) is 0 Å². The zero-order valence-corrected chi connectivity index (χ0v) is 18.9. The number of Topliss-reactive ketones (excluding diaryl/α,β-unsaturated/α-hetero) is 1. The summed E-state index contributed by atoms with van der Waals surface area (Å²) >= 11 is 0. The van der Waals surface area contributed by atoms with Gasteiger partial charge in [0.2, 0.25) is 5.91 Å². The van der Waals surface area contributed by atoms with E-state index in [0.29, 0.717) is 41.2 Å². The SMILES string of the molecule is COc1ccc(OC)c(N(CCN2C(=O)c3ccccc3C2=O)C(=O)[C@H]2CCC(=O)[C@H]2C)c1. The summed E-state index contributed by atoms with van der Waals surface area (Å²) in [5.41, 5.74) is 1.17. The van der Waals surface area contributed by atoms with Crippen molar-refractivity contribution < 1.29 is 28.7 Å². The van der Waals surface area contributed by atoms with E-state index in [1.54, 1.807) is 49.4 Å². The number of carbonyl (C=O) groups is 4. The molecule has 2 atom stereocenters. The predicted octanol–water partition coefficient (Wildman–Crippen LogP) is 2.95. The van der Waals surface area contributed by atoms with Gasteiger partial charge in [0.1, 0.15) is 17.3 Å². The number of hydrogen-bond acceptors (Lipinski definition) is 6. The monoisotopic (exact) mass is 450 g/mol. The van der Waals surface area contributed by atoms with Crippen molar-refractivity contribution in [1.29, 1.82) is 0 Å². The Morgan fingerprint density at radius 2 is 1.70 bits per heavy atom. The number of rotatable bonds is 7. The molecule has 2 aromatic carbocycles. The number of hydrogen-bond donors (Lipinski definition) is 0. The molecule has 2 aliphatic rings. The highest BCUT2D eigenvalue weighted by molar-refractivity contribution is 6.21. The summed E-state index contributed by atoms with van der Waals surface area (Å²) in [5, 5.41) is 0. The number of carbonyl (C=O) groups excluding carboxylic acids is 4. The van der Waals surface area contributed by atoms with Crippen LogP contribution in [-0.4, -0.2) is 55.7 Å². The first-order chi connectivity index (χ1) is 15.9. The van der Waals surface area contributed by atoms with Crippen molar-refractivity contribution in [2.24, 2.45) is 11.8 Å². The Morgan fingerprint density at radius 1 is 1.03 bits per heavy atom. The lowest BCUT2D eigenvalue weighted by molar-refractivity contribution is -0.127. The molecule has 1 heterocycles. The molecule has 1 saturated carbocycles.